The summed E-state index contributed by atoms with van der Waals surface area (Å²) in [7, 11) is 0. The smallest absolute Gasteiger partial charge is 0.406 e. The van der Waals surface area contributed by atoms with Gasteiger partial charge in [0.1, 0.15) is 53.3 Å². The van der Waals surface area contributed by atoms with Gasteiger partial charge in [-0.1, -0.05) is 12.1 Å². The number of alkyl halides is 3. The standard InChI is InChI=1S/C35H9F3N8O/c36-35(37,38)47-24-8-20(31-29(16-45)27-5-18(10-39)1-3-25(27)33(31)22(12-41)13-42)7-21(9-24)32-30(17-46)28-6-19(11-40)2-4-26(28)34(32)23(14-43)15-44/h1-9H. The Morgan fingerprint density at radius 2 is 0.915 bits per heavy atom. The number of rotatable bonds is 3. The van der Waals surface area contributed by atoms with Crippen molar-refractivity contribution >= 4 is 33.4 Å². The fourth-order valence-electron chi connectivity index (χ4n) is 5.55. The molecule has 12 heteroatoms. The molecule has 0 saturated heterocycles. The summed E-state index contributed by atoms with van der Waals surface area (Å²) in [5.74, 6) is -0.827. The van der Waals surface area contributed by atoms with E-state index >= 15 is 0 Å². The van der Waals surface area contributed by atoms with Crippen LogP contribution in [0, 0.1) is 90.6 Å². The van der Waals surface area contributed by atoms with Crippen LogP contribution >= 0.6 is 0 Å². The highest BCUT2D eigenvalue weighted by Gasteiger charge is 2.36. The highest BCUT2D eigenvalue weighted by molar-refractivity contribution is 6.28. The van der Waals surface area contributed by atoms with Crippen molar-refractivity contribution in [1.82, 2.24) is 0 Å². The van der Waals surface area contributed by atoms with Gasteiger partial charge >= 0.3 is 6.36 Å². The third-order valence-corrected chi connectivity index (χ3v) is 7.26. The lowest BCUT2D eigenvalue weighted by molar-refractivity contribution is -0.274. The van der Waals surface area contributed by atoms with Gasteiger partial charge in [-0.05, 0) is 64.7 Å². The third-order valence-electron chi connectivity index (χ3n) is 7.26. The first kappa shape index (κ1) is 30.6. The van der Waals surface area contributed by atoms with Crippen LogP contribution in [0.25, 0.3) is 33.4 Å². The van der Waals surface area contributed by atoms with Crippen LogP contribution in [0.15, 0.2) is 65.7 Å². The summed E-state index contributed by atoms with van der Waals surface area (Å²) < 4.78 is 45.3. The molecular formula is C35H9F3N8O. The average Bonchev–Trinajstić information content (AvgIpc) is 3.56. The first-order valence-corrected chi connectivity index (χ1v) is 13.0. The fourth-order valence-corrected chi connectivity index (χ4v) is 5.55. The highest BCUT2D eigenvalue weighted by Crippen LogP contribution is 2.52. The minimum atomic E-state index is -5.22. The Morgan fingerprint density at radius 1 is 0.511 bits per heavy atom. The molecule has 0 radical (unpaired) electrons. The number of nitrogens with zero attached hydrogens (tertiary/aromatic N) is 8. The second-order valence-electron chi connectivity index (χ2n) is 9.71. The second kappa shape index (κ2) is 11.7. The number of nitriles is 8. The number of allylic oxidation sites excluding steroid dienone is 8. The molecular weight excluding hydrogens is 605 g/mol. The third kappa shape index (κ3) is 5.07. The van der Waals surface area contributed by atoms with Gasteiger partial charge in [-0.3, -0.25) is 0 Å². The molecule has 0 N–H and O–H groups in total. The topological polar surface area (TPSA) is 200 Å². The number of hydrogen-bond acceptors (Lipinski definition) is 9. The van der Waals surface area contributed by atoms with E-state index in [1.165, 1.54) is 42.5 Å². The normalized spacial score (nSPS) is 12.6. The number of fused-ring (bicyclic) bond motifs is 2. The summed E-state index contributed by atoms with van der Waals surface area (Å²) in [6.07, 6.45) is -5.22. The van der Waals surface area contributed by atoms with Gasteiger partial charge in [0.05, 0.1) is 34.4 Å². The molecule has 3 aromatic carbocycles. The lowest BCUT2D eigenvalue weighted by atomic mass is 9.88. The zero-order chi connectivity index (χ0) is 34.0. The minimum Gasteiger partial charge on any atom is -0.406 e. The lowest BCUT2D eigenvalue weighted by Gasteiger charge is -2.16. The zero-order valence-corrected chi connectivity index (χ0v) is 23.3. The van der Waals surface area contributed by atoms with Crippen molar-refractivity contribution in [2.45, 2.75) is 6.36 Å². The predicted molar refractivity (Wildman–Crippen MR) is 157 cm³/mol. The van der Waals surface area contributed by atoms with Gasteiger partial charge in [0.25, 0.3) is 0 Å². The molecule has 2 aliphatic rings. The molecule has 0 amide bonds. The van der Waals surface area contributed by atoms with Crippen molar-refractivity contribution in [2.24, 2.45) is 0 Å². The van der Waals surface area contributed by atoms with Crippen molar-refractivity contribution < 1.29 is 17.9 Å². The second-order valence-corrected chi connectivity index (χ2v) is 9.71. The maximum atomic E-state index is 13.7. The van der Waals surface area contributed by atoms with Crippen LogP contribution in [0.2, 0.25) is 0 Å². The Kier molecular flexibility index (Phi) is 7.59. The Labute approximate surface area is 264 Å². The number of ether oxygens (including phenoxy) is 1. The van der Waals surface area contributed by atoms with Gasteiger partial charge in [-0.15, -0.1) is 13.2 Å². The fraction of sp³-hybridized carbons (Fsp3) is 0.0286. The van der Waals surface area contributed by atoms with Crippen LogP contribution in [0.3, 0.4) is 0 Å². The quantitative estimate of drug-likeness (QED) is 0.284. The summed E-state index contributed by atoms with van der Waals surface area (Å²) in [4.78, 5) is 0. The monoisotopic (exact) mass is 614 g/mol. The highest BCUT2D eigenvalue weighted by atomic mass is 19.4. The number of benzene rings is 3. The molecule has 216 valence electrons. The van der Waals surface area contributed by atoms with E-state index in [0.717, 1.165) is 12.1 Å². The summed E-state index contributed by atoms with van der Waals surface area (Å²) in [5.41, 5.74) is -1.09. The summed E-state index contributed by atoms with van der Waals surface area (Å²) in [5, 5.41) is 78.8. The van der Waals surface area contributed by atoms with Crippen molar-refractivity contribution in [3.05, 3.63) is 110 Å². The van der Waals surface area contributed by atoms with Gasteiger partial charge in [0.2, 0.25) is 0 Å². The van der Waals surface area contributed by atoms with Gasteiger partial charge in [-0.25, -0.2) is 0 Å². The first-order chi connectivity index (χ1) is 22.6. The maximum absolute atomic E-state index is 13.7. The van der Waals surface area contributed by atoms with Crippen LogP contribution in [-0.4, -0.2) is 6.36 Å². The largest absolute Gasteiger partial charge is 0.573 e. The Hall–Kier alpha value is -7.87. The Morgan fingerprint density at radius 3 is 1.23 bits per heavy atom. The number of hydrogen-bond donors (Lipinski definition) is 0. The summed E-state index contributed by atoms with van der Waals surface area (Å²) in [6.45, 7) is 0. The molecule has 0 spiro atoms. The number of halogens is 3. The molecule has 0 fully saturated rings. The van der Waals surface area contributed by atoms with Crippen molar-refractivity contribution in [2.75, 3.05) is 0 Å². The van der Waals surface area contributed by atoms with Crippen molar-refractivity contribution in [3.8, 4) is 54.3 Å². The molecule has 0 aromatic heterocycles. The Balaban J connectivity index is 1.95. The molecule has 5 rings (SSSR count). The molecule has 0 saturated carbocycles. The van der Waals surface area contributed by atoms with E-state index in [0.29, 0.717) is 0 Å². The summed E-state index contributed by atoms with van der Waals surface area (Å²) >= 11 is 0. The SMILES string of the molecule is N#CC(C#N)=C1C(c2cc(OC(F)(F)F)cc(C3=C(C#N)c4cc(C#N)ccc4C3=C(C#N)C#N)c2)=C(C#N)c2cc(C#N)ccc21. The molecule has 0 atom stereocenters. The van der Waals surface area contributed by atoms with E-state index in [4.69, 9.17) is 0 Å². The molecule has 0 heterocycles. The van der Waals surface area contributed by atoms with E-state index in [1.54, 1.807) is 24.3 Å². The minimum absolute atomic E-state index is 0.0884. The summed E-state index contributed by atoms with van der Waals surface area (Å²) in [6, 6.07) is 26.2. The van der Waals surface area contributed by atoms with Crippen LogP contribution < -0.4 is 4.74 Å². The van der Waals surface area contributed by atoms with Crippen LogP contribution in [0.1, 0.15) is 44.5 Å². The van der Waals surface area contributed by atoms with Crippen LogP contribution in [0.5, 0.6) is 5.75 Å². The van der Waals surface area contributed by atoms with E-state index in [9.17, 15) is 55.3 Å². The zero-order valence-electron chi connectivity index (χ0n) is 23.3. The van der Waals surface area contributed by atoms with Crippen molar-refractivity contribution in [1.29, 1.82) is 42.1 Å². The van der Waals surface area contributed by atoms with E-state index in [-0.39, 0.29) is 77.9 Å². The maximum Gasteiger partial charge on any atom is 0.573 e. The first-order valence-electron chi connectivity index (χ1n) is 13.0. The molecule has 3 aromatic rings. The van der Waals surface area contributed by atoms with E-state index < -0.39 is 23.3 Å². The molecule has 47 heavy (non-hydrogen) atoms. The average molecular weight is 615 g/mol. The van der Waals surface area contributed by atoms with Gasteiger partial charge < -0.3 is 4.74 Å². The Bertz CT molecular complexity index is 2260. The van der Waals surface area contributed by atoms with Gasteiger partial charge in [-0.2, -0.15) is 42.1 Å². The predicted octanol–water partition coefficient (Wildman–Crippen LogP) is 6.83. The van der Waals surface area contributed by atoms with Gasteiger partial charge in [0, 0.05) is 33.4 Å². The van der Waals surface area contributed by atoms with E-state index in [1.807, 2.05) is 24.3 Å². The van der Waals surface area contributed by atoms with Crippen molar-refractivity contribution in [3.63, 3.8) is 0 Å². The van der Waals surface area contributed by atoms with Gasteiger partial charge in [0.15, 0.2) is 0 Å². The van der Waals surface area contributed by atoms with E-state index in [2.05, 4.69) is 4.74 Å². The molecule has 0 unspecified atom stereocenters. The molecule has 9 nitrogen and oxygen atoms in total. The van der Waals surface area contributed by atoms with Crippen LogP contribution in [0.4, 0.5) is 13.2 Å². The lowest BCUT2D eigenvalue weighted by Crippen LogP contribution is -2.17. The van der Waals surface area contributed by atoms with Crippen LogP contribution in [-0.2, 0) is 0 Å². The molecule has 2 aliphatic carbocycles. The molecule has 0 bridgehead atoms. The molecule has 0 aliphatic heterocycles.